The Morgan fingerprint density at radius 2 is 1.57 bits per heavy atom. The second-order valence-corrected chi connectivity index (χ2v) is 15.0. The maximum absolute atomic E-state index is 14.1. The summed E-state index contributed by atoms with van der Waals surface area (Å²) in [6, 6.07) is 4.55. The van der Waals surface area contributed by atoms with E-state index in [1.54, 1.807) is 0 Å². The molecule has 4 aliphatic heterocycles. The second kappa shape index (κ2) is 20.0. The summed E-state index contributed by atoms with van der Waals surface area (Å²) in [4.78, 5) is 36.6. The van der Waals surface area contributed by atoms with Gasteiger partial charge in [-0.05, 0) is 118 Å². The van der Waals surface area contributed by atoms with Crippen LogP contribution in [-0.2, 0) is 41.4 Å². The van der Waals surface area contributed by atoms with Gasteiger partial charge in [0.2, 0.25) is 0 Å². The Bertz CT molecular complexity index is 1370. The third-order valence-electron chi connectivity index (χ3n) is 10.8. The Morgan fingerprint density at radius 1 is 0.882 bits per heavy atom. The summed E-state index contributed by atoms with van der Waals surface area (Å²) in [5.41, 5.74) is 5.77. The van der Waals surface area contributed by atoms with Crippen LogP contribution in [0.3, 0.4) is 0 Å². The molecule has 1 aromatic carbocycles. The van der Waals surface area contributed by atoms with Crippen molar-refractivity contribution in [2.24, 2.45) is 10.9 Å². The molecule has 51 heavy (non-hydrogen) atoms. The number of hydrogen-bond donors (Lipinski definition) is 0. The number of alkyl halides is 1. The minimum atomic E-state index is -0.259. The van der Waals surface area contributed by atoms with Gasteiger partial charge in [-0.2, -0.15) is 0 Å². The first-order valence-electron chi connectivity index (χ1n) is 19.8. The van der Waals surface area contributed by atoms with Gasteiger partial charge in [0.1, 0.15) is 17.3 Å². The first-order valence-corrected chi connectivity index (χ1v) is 20.3. The van der Waals surface area contributed by atoms with Crippen molar-refractivity contribution in [1.29, 1.82) is 0 Å². The molecule has 6 rings (SSSR count). The number of rotatable bonds is 19. The Balaban J connectivity index is 1.01. The number of amides is 1. The number of aliphatic imine (C=N–C) groups is 1. The van der Waals surface area contributed by atoms with E-state index in [4.69, 9.17) is 35.5 Å². The Hall–Kier alpha value is -2.56. The molecule has 0 atom stereocenters. The number of ketones is 1. The Labute approximate surface area is 309 Å². The number of halogens is 1. The first-order chi connectivity index (χ1) is 25.1. The SMILES string of the molecule is O=C(CCCOCCOCCCCCCCl)C1CCC(N2C(=O)/C(=C/c3cc4c5c(c3)CCCN5CCC4)N=C2/C=C/CC2OCCCO2)CC1. The lowest BCUT2D eigenvalue weighted by Crippen LogP contribution is -2.43. The number of anilines is 1. The molecule has 4 heterocycles. The largest absolute Gasteiger partial charge is 0.379 e. The molecule has 0 spiro atoms. The average Bonchev–Trinajstić information content (AvgIpc) is 3.46. The second-order valence-electron chi connectivity index (χ2n) is 14.6. The number of nitrogens with zero attached hydrogens (tertiary/aromatic N) is 3. The predicted molar refractivity (Wildman–Crippen MR) is 202 cm³/mol. The Morgan fingerprint density at radius 3 is 2.27 bits per heavy atom. The molecule has 0 unspecified atom stereocenters. The fourth-order valence-corrected chi connectivity index (χ4v) is 8.42. The van der Waals surface area contributed by atoms with Gasteiger partial charge in [0.25, 0.3) is 5.91 Å². The van der Waals surface area contributed by atoms with Crippen LogP contribution in [0.15, 0.2) is 35.0 Å². The van der Waals surface area contributed by atoms with Gasteiger partial charge in [-0.25, -0.2) is 4.99 Å². The summed E-state index contributed by atoms with van der Waals surface area (Å²) in [6.07, 6.45) is 20.6. The maximum atomic E-state index is 14.1. The van der Waals surface area contributed by atoms with Crippen molar-refractivity contribution in [2.75, 3.05) is 63.5 Å². The molecule has 0 bridgehead atoms. The van der Waals surface area contributed by atoms with Crippen LogP contribution in [0, 0.1) is 5.92 Å². The van der Waals surface area contributed by atoms with E-state index in [-0.39, 0.29) is 24.2 Å². The van der Waals surface area contributed by atoms with E-state index in [9.17, 15) is 9.59 Å². The van der Waals surface area contributed by atoms with Crippen LogP contribution in [0.25, 0.3) is 6.08 Å². The summed E-state index contributed by atoms with van der Waals surface area (Å²) >= 11 is 5.72. The molecular weight excluding hydrogens is 666 g/mol. The number of carbonyl (C=O) groups is 2. The molecule has 0 radical (unpaired) electrons. The fraction of sp³-hybridized carbons (Fsp3) is 0.683. The lowest BCUT2D eigenvalue weighted by atomic mass is 9.81. The number of amidine groups is 1. The molecule has 1 saturated heterocycles. The molecule has 1 saturated carbocycles. The lowest BCUT2D eigenvalue weighted by Gasteiger charge is -2.37. The van der Waals surface area contributed by atoms with E-state index >= 15 is 0 Å². The summed E-state index contributed by atoms with van der Waals surface area (Å²) in [7, 11) is 0. The van der Waals surface area contributed by atoms with Crippen LogP contribution in [0.1, 0.15) is 107 Å². The van der Waals surface area contributed by atoms with Crippen LogP contribution < -0.4 is 4.90 Å². The zero-order valence-electron chi connectivity index (χ0n) is 30.5. The van der Waals surface area contributed by atoms with E-state index in [2.05, 4.69) is 17.0 Å². The number of carbonyl (C=O) groups excluding carboxylic acids is 2. The van der Waals surface area contributed by atoms with Gasteiger partial charge in [-0.3, -0.25) is 14.5 Å². The van der Waals surface area contributed by atoms with Crippen molar-refractivity contribution < 1.29 is 28.5 Å². The number of hydrogen-bond acceptors (Lipinski definition) is 8. The van der Waals surface area contributed by atoms with Gasteiger partial charge < -0.3 is 23.8 Å². The molecule has 280 valence electrons. The topological polar surface area (TPSA) is 89.9 Å². The van der Waals surface area contributed by atoms with Crippen molar-refractivity contribution in [3.8, 4) is 0 Å². The van der Waals surface area contributed by atoms with Gasteiger partial charge in [0.15, 0.2) is 6.29 Å². The quantitative estimate of drug-likeness (QED) is 0.0834. The van der Waals surface area contributed by atoms with Gasteiger partial charge in [0.05, 0.1) is 26.4 Å². The number of unbranched alkanes of at least 4 members (excludes halogenated alkanes) is 3. The van der Waals surface area contributed by atoms with Crippen molar-refractivity contribution in [1.82, 2.24) is 4.90 Å². The van der Waals surface area contributed by atoms with Crippen LogP contribution in [0.5, 0.6) is 0 Å². The molecule has 1 aromatic rings. The smallest absolute Gasteiger partial charge is 0.278 e. The molecule has 9 nitrogen and oxygen atoms in total. The van der Waals surface area contributed by atoms with E-state index in [0.29, 0.717) is 63.2 Å². The first kappa shape index (κ1) is 38.2. The molecule has 1 aliphatic carbocycles. The molecule has 10 heteroatoms. The number of Topliss-reactive ketones (excluding diaryl/α,β-unsaturated/α-hetero) is 1. The minimum Gasteiger partial charge on any atom is -0.379 e. The summed E-state index contributed by atoms with van der Waals surface area (Å²) < 4.78 is 22.8. The van der Waals surface area contributed by atoms with E-state index in [1.165, 1.54) is 29.7 Å². The maximum Gasteiger partial charge on any atom is 0.278 e. The number of aryl methyl sites for hydroxylation is 2. The minimum absolute atomic E-state index is 0.0138. The lowest BCUT2D eigenvalue weighted by molar-refractivity contribution is -0.175. The highest BCUT2D eigenvalue weighted by Gasteiger charge is 2.38. The molecule has 2 fully saturated rings. The molecular formula is C41H58ClN3O6. The fourth-order valence-electron chi connectivity index (χ4n) is 8.23. The summed E-state index contributed by atoms with van der Waals surface area (Å²) in [6.45, 7) is 6.18. The standard InChI is InChI=1S/C41H58ClN3O6/c42-19-3-1-2-4-22-48-26-27-49-23-8-12-37(46)32-15-17-35(18-16-32)45-38(13-5-14-39-50-24-9-25-51-39)43-36(41(45)47)30-31-28-33-10-6-20-44-21-7-11-34(29-31)40(33)44/h5,13,28-30,32,35,39H,1-4,6-12,14-27H2/b13-5+,36-30-. The van der Waals surface area contributed by atoms with E-state index < -0.39 is 0 Å². The van der Waals surface area contributed by atoms with Crippen molar-refractivity contribution in [2.45, 2.75) is 115 Å². The average molecular weight is 724 g/mol. The molecule has 0 N–H and O–H groups in total. The zero-order valence-corrected chi connectivity index (χ0v) is 31.2. The van der Waals surface area contributed by atoms with Crippen molar-refractivity contribution >= 4 is 40.9 Å². The molecule has 1 amide bonds. The highest BCUT2D eigenvalue weighted by Crippen LogP contribution is 2.38. The van der Waals surface area contributed by atoms with E-state index in [1.807, 2.05) is 23.1 Å². The third-order valence-corrected chi connectivity index (χ3v) is 11.1. The Kier molecular flexibility index (Phi) is 15.0. The van der Waals surface area contributed by atoms with Crippen molar-refractivity contribution in [3.05, 3.63) is 46.7 Å². The zero-order chi connectivity index (χ0) is 35.3. The summed E-state index contributed by atoms with van der Waals surface area (Å²) in [5, 5.41) is 0. The number of benzene rings is 1. The number of ether oxygens (including phenoxy) is 4. The van der Waals surface area contributed by atoms with Gasteiger partial charge in [-0.15, -0.1) is 11.6 Å². The van der Waals surface area contributed by atoms with Crippen molar-refractivity contribution in [3.63, 3.8) is 0 Å². The normalized spacial score (nSPS) is 23.4. The molecule has 0 aromatic heterocycles. The van der Waals surface area contributed by atoms with Crippen LogP contribution >= 0.6 is 11.6 Å². The van der Waals surface area contributed by atoms with E-state index in [0.717, 1.165) is 108 Å². The van der Waals surface area contributed by atoms with Crippen LogP contribution in [-0.4, -0.2) is 93.4 Å². The van der Waals surface area contributed by atoms with Gasteiger partial charge in [0, 0.05) is 62.7 Å². The molecule has 5 aliphatic rings. The highest BCUT2D eigenvalue weighted by molar-refractivity contribution is 6.18. The summed E-state index contributed by atoms with van der Waals surface area (Å²) in [5.74, 6) is 1.72. The van der Waals surface area contributed by atoms with Gasteiger partial charge in [-0.1, -0.05) is 18.9 Å². The van der Waals surface area contributed by atoms with Gasteiger partial charge >= 0.3 is 0 Å². The highest BCUT2D eigenvalue weighted by atomic mass is 35.5. The monoisotopic (exact) mass is 723 g/mol. The predicted octanol–water partition coefficient (Wildman–Crippen LogP) is 7.42. The van der Waals surface area contributed by atoms with Crippen LogP contribution in [0.4, 0.5) is 5.69 Å². The van der Waals surface area contributed by atoms with Crippen LogP contribution in [0.2, 0.25) is 0 Å². The third kappa shape index (κ3) is 10.8.